The number of piperidine rings is 1. The van der Waals surface area contributed by atoms with Gasteiger partial charge < -0.3 is 14.8 Å². The van der Waals surface area contributed by atoms with E-state index in [-0.39, 0.29) is 29.0 Å². The Morgan fingerprint density at radius 3 is 2.30 bits per heavy atom. The smallest absolute Gasteiger partial charge is 0.255 e. The van der Waals surface area contributed by atoms with Crippen LogP contribution >= 0.6 is 0 Å². The topological polar surface area (TPSA) is 84.9 Å². The van der Waals surface area contributed by atoms with Crippen LogP contribution in [0.5, 0.6) is 11.5 Å². The first kappa shape index (κ1) is 25.1. The highest BCUT2D eigenvalue weighted by Crippen LogP contribution is 2.27. The van der Waals surface area contributed by atoms with Gasteiger partial charge in [0.25, 0.3) is 5.91 Å². The number of benzene rings is 2. The lowest BCUT2D eigenvalue weighted by atomic mass is 9.87. The maximum Gasteiger partial charge on any atom is 0.255 e. The summed E-state index contributed by atoms with van der Waals surface area (Å²) in [6.45, 7) is 8.02. The molecule has 1 aliphatic rings. The van der Waals surface area contributed by atoms with Crippen LogP contribution in [0.3, 0.4) is 0 Å². The van der Waals surface area contributed by atoms with Gasteiger partial charge in [0.05, 0.1) is 24.1 Å². The quantitative estimate of drug-likeness (QED) is 0.585. The van der Waals surface area contributed by atoms with Crippen molar-refractivity contribution in [1.82, 2.24) is 9.62 Å². The Labute approximate surface area is 197 Å². The summed E-state index contributed by atoms with van der Waals surface area (Å²) in [7, 11) is -2.19. The van der Waals surface area contributed by atoms with Crippen molar-refractivity contribution in [1.29, 1.82) is 0 Å². The molecule has 0 aliphatic carbocycles. The summed E-state index contributed by atoms with van der Waals surface area (Å²) in [6, 6.07) is 12.3. The number of hydrogen-bond donors (Lipinski definition) is 1. The van der Waals surface area contributed by atoms with Crippen molar-refractivity contribution in [2.75, 3.05) is 33.4 Å². The molecule has 2 aromatic rings. The van der Waals surface area contributed by atoms with Crippen molar-refractivity contribution < 1.29 is 22.7 Å². The molecule has 2 aromatic carbocycles. The predicted octanol–water partition coefficient (Wildman–Crippen LogP) is 3.98. The van der Waals surface area contributed by atoms with Gasteiger partial charge in [-0.25, -0.2) is 8.42 Å². The SMILES string of the molecule is COc1ccc(S(=O)(=O)N2CCCCC2)cc1C(=O)NCCOc1ccc(C(C)(C)C)cc1. The molecule has 0 radical (unpaired) electrons. The van der Waals surface area contributed by atoms with Crippen molar-refractivity contribution in [2.45, 2.75) is 50.3 Å². The third-order valence-electron chi connectivity index (χ3n) is 5.75. The normalized spacial score (nSPS) is 15.2. The average Bonchev–Trinajstić information content (AvgIpc) is 2.81. The Bertz CT molecular complexity index is 1050. The third-order valence-corrected chi connectivity index (χ3v) is 7.64. The summed E-state index contributed by atoms with van der Waals surface area (Å²) >= 11 is 0. The van der Waals surface area contributed by atoms with Gasteiger partial charge in [-0.3, -0.25) is 4.79 Å². The molecule has 7 nitrogen and oxygen atoms in total. The van der Waals surface area contributed by atoms with Gasteiger partial charge in [0.2, 0.25) is 10.0 Å². The highest BCUT2D eigenvalue weighted by Gasteiger charge is 2.27. The Balaban J connectivity index is 1.62. The number of amides is 1. The number of ether oxygens (including phenoxy) is 2. The van der Waals surface area contributed by atoms with Crippen molar-refractivity contribution in [3.63, 3.8) is 0 Å². The summed E-state index contributed by atoms with van der Waals surface area (Å²) in [5, 5.41) is 2.79. The minimum atomic E-state index is -3.65. The summed E-state index contributed by atoms with van der Waals surface area (Å²) < 4.78 is 38.5. The van der Waals surface area contributed by atoms with E-state index in [1.807, 2.05) is 24.3 Å². The van der Waals surface area contributed by atoms with Gasteiger partial charge in [-0.05, 0) is 54.2 Å². The number of carbonyl (C=O) groups excluding carboxylic acids is 1. The van der Waals surface area contributed by atoms with E-state index >= 15 is 0 Å². The molecule has 0 bridgehead atoms. The molecule has 0 aromatic heterocycles. The highest BCUT2D eigenvalue weighted by atomic mass is 32.2. The average molecular weight is 475 g/mol. The zero-order chi connectivity index (χ0) is 24.1. The third kappa shape index (κ3) is 6.26. The zero-order valence-electron chi connectivity index (χ0n) is 19.9. The van der Waals surface area contributed by atoms with Gasteiger partial charge in [0.15, 0.2) is 0 Å². The van der Waals surface area contributed by atoms with Crippen molar-refractivity contribution in [3.8, 4) is 11.5 Å². The van der Waals surface area contributed by atoms with E-state index in [2.05, 4.69) is 26.1 Å². The number of nitrogens with zero attached hydrogens (tertiary/aromatic N) is 1. The second-order valence-corrected chi connectivity index (χ2v) is 11.1. The van der Waals surface area contributed by atoms with Gasteiger partial charge >= 0.3 is 0 Å². The molecule has 1 N–H and O–H groups in total. The molecule has 1 heterocycles. The van der Waals surface area contributed by atoms with Crippen LogP contribution in [-0.2, 0) is 15.4 Å². The van der Waals surface area contributed by atoms with E-state index in [0.29, 0.717) is 18.8 Å². The van der Waals surface area contributed by atoms with Crippen LogP contribution in [-0.4, -0.2) is 52.0 Å². The van der Waals surface area contributed by atoms with Crippen LogP contribution < -0.4 is 14.8 Å². The number of sulfonamides is 1. The zero-order valence-corrected chi connectivity index (χ0v) is 20.7. The molecule has 1 saturated heterocycles. The molecule has 0 saturated carbocycles. The Morgan fingerprint density at radius 1 is 1.03 bits per heavy atom. The molecule has 1 aliphatic heterocycles. The van der Waals surface area contributed by atoms with Crippen LogP contribution in [0, 0.1) is 0 Å². The molecule has 0 unspecified atom stereocenters. The number of nitrogens with one attached hydrogen (secondary N) is 1. The maximum absolute atomic E-state index is 13.0. The molecular weight excluding hydrogens is 440 g/mol. The van der Waals surface area contributed by atoms with Crippen molar-refractivity contribution in [2.24, 2.45) is 0 Å². The molecule has 0 atom stereocenters. The standard InChI is InChI=1S/C25H34N2O5S/c1-25(2,3)19-8-10-20(11-9-19)32-17-14-26-24(28)22-18-21(12-13-23(22)31-4)33(29,30)27-15-6-5-7-16-27/h8-13,18H,5-7,14-17H2,1-4H3,(H,26,28). The van der Waals surface area contributed by atoms with Gasteiger partial charge in [-0.2, -0.15) is 4.31 Å². The lowest BCUT2D eigenvalue weighted by Crippen LogP contribution is -2.35. The van der Waals surface area contributed by atoms with Gasteiger partial charge in [-0.1, -0.05) is 39.3 Å². The van der Waals surface area contributed by atoms with Crippen LogP contribution in [0.1, 0.15) is 56.0 Å². The number of hydrogen-bond acceptors (Lipinski definition) is 5. The lowest BCUT2D eigenvalue weighted by molar-refractivity contribution is 0.0943. The number of rotatable bonds is 8. The van der Waals surface area contributed by atoms with Crippen LogP contribution in [0.15, 0.2) is 47.4 Å². The molecule has 0 spiro atoms. The summed E-state index contributed by atoms with van der Waals surface area (Å²) in [5.74, 6) is 0.641. The Morgan fingerprint density at radius 2 is 1.70 bits per heavy atom. The van der Waals surface area contributed by atoms with Gasteiger partial charge in [0, 0.05) is 13.1 Å². The van der Waals surface area contributed by atoms with E-state index in [9.17, 15) is 13.2 Å². The number of carbonyl (C=O) groups is 1. The molecule has 3 rings (SSSR count). The Hall–Kier alpha value is -2.58. The van der Waals surface area contributed by atoms with Crippen LogP contribution in [0.4, 0.5) is 0 Å². The molecule has 8 heteroatoms. The fraction of sp³-hybridized carbons (Fsp3) is 0.480. The van der Waals surface area contributed by atoms with E-state index in [4.69, 9.17) is 9.47 Å². The van der Waals surface area contributed by atoms with Gasteiger partial charge in [-0.15, -0.1) is 0 Å². The van der Waals surface area contributed by atoms with E-state index in [1.54, 1.807) is 0 Å². The minimum Gasteiger partial charge on any atom is -0.496 e. The largest absolute Gasteiger partial charge is 0.496 e. The second-order valence-electron chi connectivity index (χ2n) is 9.21. The van der Waals surface area contributed by atoms with E-state index < -0.39 is 15.9 Å². The van der Waals surface area contributed by atoms with E-state index in [1.165, 1.54) is 35.2 Å². The molecule has 33 heavy (non-hydrogen) atoms. The lowest BCUT2D eigenvalue weighted by Gasteiger charge is -2.26. The van der Waals surface area contributed by atoms with Crippen molar-refractivity contribution in [3.05, 3.63) is 53.6 Å². The first-order valence-corrected chi connectivity index (χ1v) is 12.8. The Kier molecular flexibility index (Phi) is 8.02. The fourth-order valence-electron chi connectivity index (χ4n) is 3.76. The van der Waals surface area contributed by atoms with Gasteiger partial charge in [0.1, 0.15) is 18.1 Å². The van der Waals surface area contributed by atoms with Crippen molar-refractivity contribution >= 4 is 15.9 Å². The predicted molar refractivity (Wildman–Crippen MR) is 129 cm³/mol. The summed E-state index contributed by atoms with van der Waals surface area (Å²) in [5.41, 5.74) is 1.47. The summed E-state index contributed by atoms with van der Waals surface area (Å²) in [6.07, 6.45) is 2.73. The second kappa shape index (κ2) is 10.6. The first-order chi connectivity index (χ1) is 15.6. The molecule has 1 fully saturated rings. The monoisotopic (exact) mass is 474 g/mol. The van der Waals surface area contributed by atoms with E-state index in [0.717, 1.165) is 25.0 Å². The highest BCUT2D eigenvalue weighted by molar-refractivity contribution is 7.89. The molecule has 180 valence electrons. The fourth-order valence-corrected chi connectivity index (χ4v) is 5.30. The van der Waals surface area contributed by atoms with Crippen LogP contribution in [0.25, 0.3) is 0 Å². The van der Waals surface area contributed by atoms with Crippen LogP contribution in [0.2, 0.25) is 0 Å². The number of methoxy groups -OCH3 is 1. The molecular formula is C25H34N2O5S. The molecule has 1 amide bonds. The minimum absolute atomic E-state index is 0.0710. The maximum atomic E-state index is 13.0. The summed E-state index contributed by atoms with van der Waals surface area (Å²) in [4.78, 5) is 12.9. The first-order valence-electron chi connectivity index (χ1n) is 11.3.